The molecule has 2 heterocycles. The van der Waals surface area contributed by atoms with Gasteiger partial charge in [0, 0.05) is 42.3 Å². The molecule has 3 aromatic rings. The Balaban J connectivity index is 1.72. The van der Waals surface area contributed by atoms with Crippen molar-refractivity contribution >= 4 is 16.7 Å². The Morgan fingerprint density at radius 3 is 2.77 bits per heavy atom. The first-order chi connectivity index (χ1) is 15.0. The maximum atomic E-state index is 5.34. The van der Waals surface area contributed by atoms with E-state index in [0.717, 1.165) is 35.8 Å². The maximum absolute atomic E-state index is 5.34. The lowest BCUT2D eigenvalue weighted by Gasteiger charge is -2.10. The molecule has 0 bridgehead atoms. The summed E-state index contributed by atoms with van der Waals surface area (Å²) < 4.78 is 12.7. The number of fused-ring (bicyclic) bond motifs is 1. The predicted octanol–water partition coefficient (Wildman–Crippen LogP) is 4.95. The van der Waals surface area contributed by atoms with Crippen molar-refractivity contribution in [1.82, 2.24) is 14.5 Å². The molecule has 0 spiro atoms. The highest BCUT2D eigenvalue weighted by Crippen LogP contribution is 2.26. The summed E-state index contributed by atoms with van der Waals surface area (Å²) in [7, 11) is 5.24. The van der Waals surface area contributed by atoms with Gasteiger partial charge in [-0.2, -0.15) is 9.97 Å². The number of ether oxygens (including phenoxy) is 2. The van der Waals surface area contributed by atoms with Gasteiger partial charge in [-0.05, 0) is 37.6 Å². The zero-order valence-corrected chi connectivity index (χ0v) is 18.5. The summed E-state index contributed by atoms with van der Waals surface area (Å²) in [5.41, 5.74) is 4.21. The van der Waals surface area contributed by atoms with Crippen LogP contribution in [-0.2, 0) is 11.8 Å². The van der Waals surface area contributed by atoms with Crippen LogP contribution in [0.1, 0.15) is 19.8 Å². The second kappa shape index (κ2) is 10.4. The maximum Gasteiger partial charge on any atom is 0.318 e. The molecule has 0 aliphatic carbocycles. The topological polar surface area (TPSA) is 61.2 Å². The van der Waals surface area contributed by atoms with Gasteiger partial charge in [-0.25, -0.2) is 0 Å². The van der Waals surface area contributed by atoms with Crippen LogP contribution in [0.15, 0.2) is 60.0 Å². The van der Waals surface area contributed by atoms with Crippen molar-refractivity contribution in [3.8, 4) is 29.6 Å². The first-order valence-corrected chi connectivity index (χ1v) is 10.1. The molecule has 0 unspecified atom stereocenters. The third kappa shape index (κ3) is 5.67. The van der Waals surface area contributed by atoms with Gasteiger partial charge in [-0.15, -0.1) is 6.42 Å². The smallest absolute Gasteiger partial charge is 0.318 e. The van der Waals surface area contributed by atoms with Crippen molar-refractivity contribution in [2.45, 2.75) is 19.8 Å². The Bertz CT molecular complexity index is 1150. The van der Waals surface area contributed by atoms with Gasteiger partial charge in [0.1, 0.15) is 11.6 Å². The second-order valence-electron chi connectivity index (χ2n) is 7.23. The van der Waals surface area contributed by atoms with Crippen LogP contribution in [0.25, 0.3) is 22.2 Å². The van der Waals surface area contributed by atoms with Crippen molar-refractivity contribution < 1.29 is 9.47 Å². The third-order valence-corrected chi connectivity index (χ3v) is 4.99. The fraction of sp³-hybridized carbons (Fsp3) is 0.280. The van der Waals surface area contributed by atoms with Gasteiger partial charge in [0.25, 0.3) is 0 Å². The largest absolute Gasteiger partial charge is 0.500 e. The van der Waals surface area contributed by atoms with E-state index in [0.29, 0.717) is 12.4 Å². The van der Waals surface area contributed by atoms with E-state index in [4.69, 9.17) is 15.9 Å². The van der Waals surface area contributed by atoms with Crippen LogP contribution >= 0.6 is 0 Å². The molecule has 6 nitrogen and oxygen atoms in total. The van der Waals surface area contributed by atoms with Crippen LogP contribution in [0, 0.1) is 12.3 Å². The van der Waals surface area contributed by atoms with Crippen molar-refractivity contribution in [3.05, 3.63) is 60.0 Å². The Morgan fingerprint density at radius 1 is 1.19 bits per heavy atom. The summed E-state index contributed by atoms with van der Waals surface area (Å²) in [6.07, 6.45) is 12.7. The molecule has 0 aliphatic rings. The number of aromatic nitrogens is 3. The number of terminal acetylenes is 1. The number of nitrogens with one attached hydrogen (secondary N) is 1. The first kappa shape index (κ1) is 22.0. The fourth-order valence-electron chi connectivity index (χ4n) is 3.20. The standard InChI is InChI=1S/C25H28N4O2/c1-6-7-21(30-4)10-8-18(2)12-14-26-24-17-22(27-25(28-24)31-5)19-9-11-23-20(16-19)13-15-29(23)3/h1,8-11,13,15-17H,7,12,14H2,2-5H3,(H,26,27,28)/b18-8+,21-10+. The molecule has 1 N–H and O–H groups in total. The number of hydrogen-bond donors (Lipinski definition) is 1. The lowest BCUT2D eigenvalue weighted by molar-refractivity contribution is 0.286. The Kier molecular flexibility index (Phi) is 7.34. The Hall–Kier alpha value is -3.72. The Morgan fingerprint density at radius 2 is 2.03 bits per heavy atom. The average Bonchev–Trinajstić information content (AvgIpc) is 3.16. The number of benzene rings is 1. The molecule has 6 heteroatoms. The van der Waals surface area contributed by atoms with E-state index in [1.165, 1.54) is 16.5 Å². The molecule has 0 saturated carbocycles. The fourth-order valence-corrected chi connectivity index (χ4v) is 3.20. The summed E-state index contributed by atoms with van der Waals surface area (Å²) >= 11 is 0. The van der Waals surface area contributed by atoms with Crippen molar-refractivity contribution in [3.63, 3.8) is 0 Å². The monoisotopic (exact) mass is 416 g/mol. The van der Waals surface area contributed by atoms with Crippen LogP contribution < -0.4 is 10.1 Å². The molecule has 1 aromatic carbocycles. The zero-order chi connectivity index (χ0) is 22.2. The van der Waals surface area contributed by atoms with E-state index in [1.807, 2.05) is 25.3 Å². The highest BCUT2D eigenvalue weighted by molar-refractivity contribution is 5.85. The van der Waals surface area contributed by atoms with Crippen molar-refractivity contribution in [2.75, 3.05) is 26.1 Å². The zero-order valence-electron chi connectivity index (χ0n) is 18.5. The van der Waals surface area contributed by atoms with E-state index in [2.05, 4.69) is 63.2 Å². The van der Waals surface area contributed by atoms with Gasteiger partial charge in [-0.3, -0.25) is 0 Å². The molecule has 0 aliphatic heterocycles. The molecule has 0 saturated heterocycles. The lowest BCUT2D eigenvalue weighted by Crippen LogP contribution is -2.06. The van der Waals surface area contributed by atoms with Crippen molar-refractivity contribution in [1.29, 1.82) is 0 Å². The number of aryl methyl sites for hydroxylation is 1. The van der Waals surface area contributed by atoms with E-state index >= 15 is 0 Å². The van der Waals surface area contributed by atoms with E-state index < -0.39 is 0 Å². The van der Waals surface area contributed by atoms with E-state index in [-0.39, 0.29) is 0 Å². The quantitative estimate of drug-likeness (QED) is 0.304. The summed E-state index contributed by atoms with van der Waals surface area (Å²) in [4.78, 5) is 8.96. The van der Waals surface area contributed by atoms with Crippen LogP contribution in [0.3, 0.4) is 0 Å². The molecule has 0 fully saturated rings. The van der Waals surface area contributed by atoms with Gasteiger partial charge < -0.3 is 19.4 Å². The summed E-state index contributed by atoms with van der Waals surface area (Å²) in [5.74, 6) is 4.08. The second-order valence-corrected chi connectivity index (χ2v) is 7.23. The van der Waals surface area contributed by atoms with Gasteiger partial charge >= 0.3 is 6.01 Å². The lowest BCUT2D eigenvalue weighted by atomic mass is 10.1. The van der Waals surface area contributed by atoms with Gasteiger partial charge in [0.05, 0.1) is 26.3 Å². The molecule has 3 rings (SSSR count). The molecular weight excluding hydrogens is 388 g/mol. The molecular formula is C25H28N4O2. The highest BCUT2D eigenvalue weighted by atomic mass is 16.5. The van der Waals surface area contributed by atoms with Crippen molar-refractivity contribution in [2.24, 2.45) is 7.05 Å². The highest BCUT2D eigenvalue weighted by Gasteiger charge is 2.09. The molecule has 2 aromatic heterocycles. The van der Waals surface area contributed by atoms with Crippen LogP contribution in [0.2, 0.25) is 0 Å². The van der Waals surface area contributed by atoms with Gasteiger partial charge in [-0.1, -0.05) is 23.6 Å². The molecule has 160 valence electrons. The molecule has 0 amide bonds. The first-order valence-electron chi connectivity index (χ1n) is 10.1. The average molecular weight is 417 g/mol. The van der Waals surface area contributed by atoms with E-state index in [9.17, 15) is 0 Å². The molecule has 0 atom stereocenters. The van der Waals surface area contributed by atoms with E-state index in [1.54, 1.807) is 14.2 Å². The normalized spacial score (nSPS) is 12.0. The van der Waals surface area contributed by atoms with Crippen LogP contribution in [0.5, 0.6) is 6.01 Å². The SMILES string of the molecule is C#CC/C(=C\C=C(/C)CCNc1cc(-c2ccc3c(ccn3C)c2)nc(OC)n1)OC. The number of allylic oxidation sites excluding steroid dienone is 3. The summed E-state index contributed by atoms with van der Waals surface area (Å²) in [5, 5.41) is 4.54. The molecule has 31 heavy (non-hydrogen) atoms. The number of hydrogen-bond acceptors (Lipinski definition) is 5. The van der Waals surface area contributed by atoms with Crippen LogP contribution in [-0.4, -0.2) is 35.3 Å². The minimum absolute atomic E-state index is 0.336. The van der Waals surface area contributed by atoms with Gasteiger partial charge in [0.2, 0.25) is 0 Å². The Labute approximate surface area is 183 Å². The van der Waals surface area contributed by atoms with Crippen LogP contribution in [0.4, 0.5) is 5.82 Å². The summed E-state index contributed by atoms with van der Waals surface area (Å²) in [6, 6.07) is 10.7. The number of methoxy groups -OCH3 is 2. The minimum Gasteiger partial charge on any atom is -0.500 e. The number of rotatable bonds is 9. The predicted molar refractivity (Wildman–Crippen MR) is 126 cm³/mol. The summed E-state index contributed by atoms with van der Waals surface area (Å²) in [6.45, 7) is 2.80. The van der Waals surface area contributed by atoms with Gasteiger partial charge in [0.15, 0.2) is 0 Å². The minimum atomic E-state index is 0.336. The molecule has 0 radical (unpaired) electrons. The third-order valence-electron chi connectivity index (χ3n) is 4.99. The number of nitrogens with zero attached hydrogens (tertiary/aromatic N) is 3. The number of anilines is 1.